The van der Waals surface area contributed by atoms with E-state index in [1.807, 2.05) is 4.90 Å². The van der Waals surface area contributed by atoms with Crippen molar-refractivity contribution >= 4 is 17.8 Å². The molecule has 0 aromatic heterocycles. The van der Waals surface area contributed by atoms with E-state index in [0.717, 1.165) is 123 Å². The molecule has 7 nitrogen and oxygen atoms in total. The lowest BCUT2D eigenvalue weighted by Gasteiger charge is -2.24. The molecule has 1 heterocycles. The molecular formula is C40H76N2O5. The fraction of sp³-hybridized carbons (Fsp3) is 0.925. The predicted octanol–water partition coefficient (Wildman–Crippen LogP) is 10.2. The molecule has 0 radical (unpaired) electrons. The van der Waals surface area contributed by atoms with Gasteiger partial charge in [0, 0.05) is 32.4 Å². The second kappa shape index (κ2) is 31.6. The number of unbranched alkanes of at least 4 members (excludes halogenated alkanes) is 15. The number of esters is 2. The molecule has 0 bridgehead atoms. The van der Waals surface area contributed by atoms with E-state index in [9.17, 15) is 14.4 Å². The number of nitrogens with zero attached hydrogens (tertiary/aromatic N) is 2. The molecular weight excluding hydrogens is 588 g/mol. The molecule has 7 heteroatoms. The summed E-state index contributed by atoms with van der Waals surface area (Å²) in [6.07, 6.45) is 28.9. The zero-order valence-electron chi connectivity index (χ0n) is 31.3. The van der Waals surface area contributed by atoms with Crippen LogP contribution in [0, 0.1) is 0 Å². The fourth-order valence-corrected chi connectivity index (χ4v) is 6.56. The van der Waals surface area contributed by atoms with Crippen molar-refractivity contribution in [2.24, 2.45) is 0 Å². The fourth-order valence-electron chi connectivity index (χ4n) is 6.56. The largest absolute Gasteiger partial charge is 0.466 e. The molecule has 0 N–H and O–H groups in total. The number of ether oxygens (including phenoxy) is 2. The Labute approximate surface area is 290 Å². The zero-order valence-corrected chi connectivity index (χ0v) is 31.3. The maximum Gasteiger partial charge on any atom is 0.306 e. The third kappa shape index (κ3) is 26.0. The van der Waals surface area contributed by atoms with Gasteiger partial charge in [-0.25, -0.2) is 0 Å². The first-order valence-corrected chi connectivity index (χ1v) is 20.3. The van der Waals surface area contributed by atoms with Crippen molar-refractivity contribution in [2.45, 2.75) is 200 Å². The second-order valence-electron chi connectivity index (χ2n) is 14.1. The summed E-state index contributed by atoms with van der Waals surface area (Å²) in [4.78, 5) is 41.1. The van der Waals surface area contributed by atoms with Crippen molar-refractivity contribution in [3.05, 3.63) is 0 Å². The summed E-state index contributed by atoms with van der Waals surface area (Å²) >= 11 is 0. The molecule has 0 saturated carbocycles. The standard InChI is InChI=1S/C40H76N2O5/c1-4-7-10-17-23-36-46-39(44)29-19-13-11-15-21-31-41(33-25-35-42-34-24-28-38(42)43)32-22-16-12-14-20-30-40(45)47-37(26-9-6-3)27-18-8-5-2/h37H,4-36H2,1-3H3. The smallest absolute Gasteiger partial charge is 0.306 e. The molecule has 1 saturated heterocycles. The van der Waals surface area contributed by atoms with Gasteiger partial charge in [0.1, 0.15) is 6.10 Å². The Kier molecular flexibility index (Phi) is 29.2. The Balaban J connectivity index is 2.22. The summed E-state index contributed by atoms with van der Waals surface area (Å²) in [5.41, 5.74) is 0. The van der Waals surface area contributed by atoms with Crippen molar-refractivity contribution in [1.82, 2.24) is 9.80 Å². The first kappa shape index (κ1) is 43.4. The summed E-state index contributed by atoms with van der Waals surface area (Å²) in [5, 5.41) is 0. The average Bonchev–Trinajstić information content (AvgIpc) is 3.47. The van der Waals surface area contributed by atoms with E-state index in [-0.39, 0.29) is 18.0 Å². The van der Waals surface area contributed by atoms with Gasteiger partial charge in [-0.1, -0.05) is 111 Å². The molecule has 47 heavy (non-hydrogen) atoms. The highest BCUT2D eigenvalue weighted by molar-refractivity contribution is 5.78. The molecule has 1 unspecified atom stereocenters. The molecule has 0 aromatic carbocycles. The van der Waals surface area contributed by atoms with Gasteiger partial charge in [0.05, 0.1) is 6.61 Å². The third-order valence-electron chi connectivity index (χ3n) is 9.60. The summed E-state index contributed by atoms with van der Waals surface area (Å²) in [6, 6.07) is 0. The van der Waals surface area contributed by atoms with Gasteiger partial charge in [0.2, 0.25) is 5.91 Å². The average molecular weight is 665 g/mol. The van der Waals surface area contributed by atoms with Gasteiger partial charge in [-0.2, -0.15) is 0 Å². The van der Waals surface area contributed by atoms with Crippen molar-refractivity contribution in [2.75, 3.05) is 39.3 Å². The molecule has 1 fully saturated rings. The SMILES string of the molecule is CCCCCCCOC(=O)CCCCCCCN(CCCCCCCC(=O)OC(CCCC)CCCCC)CCCN1CCCC1=O. The maximum absolute atomic E-state index is 12.5. The zero-order chi connectivity index (χ0) is 34.2. The van der Waals surface area contributed by atoms with Gasteiger partial charge in [-0.3, -0.25) is 14.4 Å². The number of carbonyl (C=O) groups excluding carboxylic acids is 3. The summed E-state index contributed by atoms with van der Waals surface area (Å²) in [7, 11) is 0. The molecule has 1 rings (SSSR count). The van der Waals surface area contributed by atoms with Crippen LogP contribution in [0.1, 0.15) is 194 Å². The molecule has 0 aliphatic carbocycles. The number of hydrogen-bond donors (Lipinski definition) is 0. The lowest BCUT2D eigenvalue weighted by Crippen LogP contribution is -2.32. The summed E-state index contributed by atoms with van der Waals surface area (Å²) in [6.45, 7) is 12.3. The van der Waals surface area contributed by atoms with E-state index in [0.29, 0.717) is 25.4 Å². The topological polar surface area (TPSA) is 76.2 Å². The van der Waals surface area contributed by atoms with Crippen LogP contribution in [0.3, 0.4) is 0 Å². The van der Waals surface area contributed by atoms with Crippen LogP contribution in [0.5, 0.6) is 0 Å². The van der Waals surface area contributed by atoms with E-state index >= 15 is 0 Å². The van der Waals surface area contributed by atoms with Gasteiger partial charge >= 0.3 is 11.9 Å². The van der Waals surface area contributed by atoms with Gasteiger partial charge in [0.15, 0.2) is 0 Å². The second-order valence-corrected chi connectivity index (χ2v) is 14.1. The van der Waals surface area contributed by atoms with Gasteiger partial charge < -0.3 is 19.3 Å². The first-order chi connectivity index (χ1) is 23.0. The highest BCUT2D eigenvalue weighted by Crippen LogP contribution is 2.16. The van der Waals surface area contributed by atoms with Crippen LogP contribution < -0.4 is 0 Å². The van der Waals surface area contributed by atoms with Gasteiger partial charge in [0.25, 0.3) is 0 Å². The highest BCUT2D eigenvalue weighted by atomic mass is 16.5. The molecule has 1 aliphatic heterocycles. The molecule has 1 atom stereocenters. The normalized spacial score (nSPS) is 13.9. The Hall–Kier alpha value is -1.63. The number of likely N-dealkylation sites (tertiary alicyclic amines) is 1. The van der Waals surface area contributed by atoms with Crippen LogP contribution in [0.15, 0.2) is 0 Å². The lowest BCUT2D eigenvalue weighted by molar-refractivity contribution is -0.150. The molecule has 1 aliphatic rings. The van der Waals surface area contributed by atoms with E-state index in [1.165, 1.54) is 70.6 Å². The van der Waals surface area contributed by atoms with Crippen molar-refractivity contribution in [3.63, 3.8) is 0 Å². The van der Waals surface area contributed by atoms with Gasteiger partial charge in [-0.05, 0) is 83.8 Å². The summed E-state index contributed by atoms with van der Waals surface area (Å²) in [5.74, 6) is 0.291. The van der Waals surface area contributed by atoms with Crippen LogP contribution in [0.25, 0.3) is 0 Å². The summed E-state index contributed by atoms with van der Waals surface area (Å²) < 4.78 is 11.2. The minimum absolute atomic E-state index is 0.00152. The number of hydrogen-bond acceptors (Lipinski definition) is 6. The minimum atomic E-state index is -0.0306. The number of carbonyl (C=O) groups is 3. The van der Waals surface area contributed by atoms with Crippen LogP contribution in [-0.2, 0) is 23.9 Å². The Bertz CT molecular complexity index is 761. The minimum Gasteiger partial charge on any atom is -0.466 e. The van der Waals surface area contributed by atoms with Crippen molar-refractivity contribution in [1.29, 1.82) is 0 Å². The first-order valence-electron chi connectivity index (χ1n) is 20.3. The predicted molar refractivity (Wildman–Crippen MR) is 196 cm³/mol. The molecule has 276 valence electrons. The van der Waals surface area contributed by atoms with Crippen LogP contribution in [-0.4, -0.2) is 73.1 Å². The highest BCUT2D eigenvalue weighted by Gasteiger charge is 2.19. The van der Waals surface area contributed by atoms with E-state index in [2.05, 4.69) is 25.7 Å². The monoisotopic (exact) mass is 665 g/mol. The van der Waals surface area contributed by atoms with Crippen LogP contribution in [0.2, 0.25) is 0 Å². The molecule has 0 spiro atoms. The van der Waals surface area contributed by atoms with E-state index in [1.54, 1.807) is 0 Å². The molecule has 0 aromatic rings. The Morgan fingerprint density at radius 1 is 0.638 bits per heavy atom. The van der Waals surface area contributed by atoms with Crippen LogP contribution >= 0.6 is 0 Å². The van der Waals surface area contributed by atoms with Gasteiger partial charge in [-0.15, -0.1) is 0 Å². The lowest BCUT2D eigenvalue weighted by atomic mass is 10.1. The van der Waals surface area contributed by atoms with Crippen LogP contribution in [0.4, 0.5) is 0 Å². The van der Waals surface area contributed by atoms with Crippen molar-refractivity contribution < 1.29 is 23.9 Å². The number of amides is 1. The maximum atomic E-state index is 12.5. The Morgan fingerprint density at radius 3 is 1.81 bits per heavy atom. The quantitative estimate of drug-likeness (QED) is 0.0503. The number of rotatable bonds is 34. The Morgan fingerprint density at radius 2 is 1.17 bits per heavy atom. The van der Waals surface area contributed by atoms with Crippen molar-refractivity contribution in [3.8, 4) is 0 Å². The third-order valence-corrected chi connectivity index (χ3v) is 9.60. The van der Waals surface area contributed by atoms with E-state index in [4.69, 9.17) is 9.47 Å². The van der Waals surface area contributed by atoms with E-state index < -0.39 is 0 Å². The molecule has 1 amide bonds.